The van der Waals surface area contributed by atoms with E-state index in [1.54, 1.807) is 6.07 Å². The largest absolute Gasteiger partial charge is 0.369 e. The Morgan fingerprint density at radius 1 is 1.08 bits per heavy atom. The van der Waals surface area contributed by atoms with Crippen molar-refractivity contribution in [2.75, 3.05) is 13.1 Å². The van der Waals surface area contributed by atoms with Crippen LogP contribution in [0.25, 0.3) is 10.4 Å². The maximum atomic E-state index is 11.4. The molecule has 0 bridgehead atoms. The zero-order valence-corrected chi connectivity index (χ0v) is 14.2. The van der Waals surface area contributed by atoms with E-state index in [2.05, 4.69) is 17.0 Å². The Morgan fingerprint density at radius 2 is 1.75 bits per heavy atom. The lowest BCUT2D eigenvalue weighted by molar-refractivity contribution is -0.123. The van der Waals surface area contributed by atoms with Crippen LogP contribution in [0.15, 0.2) is 35.7 Å². The SMILES string of the molecule is NC(=O)c1ccsc1-c1ccc(CN2CCC(C(N)=O)CC2)cc1. The second-order valence-electron chi connectivity index (χ2n) is 6.18. The van der Waals surface area contributed by atoms with E-state index in [0.717, 1.165) is 42.9 Å². The summed E-state index contributed by atoms with van der Waals surface area (Å²) in [7, 11) is 0. The van der Waals surface area contributed by atoms with E-state index in [4.69, 9.17) is 11.5 Å². The zero-order chi connectivity index (χ0) is 17.1. The van der Waals surface area contributed by atoms with Crippen LogP contribution in [0.1, 0.15) is 28.8 Å². The minimum atomic E-state index is -0.396. The second-order valence-corrected chi connectivity index (χ2v) is 7.09. The molecule has 1 aliphatic rings. The van der Waals surface area contributed by atoms with Crippen molar-refractivity contribution in [3.8, 4) is 10.4 Å². The third-order valence-corrected chi connectivity index (χ3v) is 5.51. The van der Waals surface area contributed by atoms with E-state index >= 15 is 0 Å². The van der Waals surface area contributed by atoms with Gasteiger partial charge < -0.3 is 11.5 Å². The first-order valence-electron chi connectivity index (χ1n) is 8.03. The molecule has 2 aromatic rings. The first-order chi connectivity index (χ1) is 11.5. The lowest BCUT2D eigenvalue weighted by Gasteiger charge is -2.30. The average molecular weight is 343 g/mol. The molecule has 1 saturated heterocycles. The van der Waals surface area contributed by atoms with Gasteiger partial charge in [0.05, 0.1) is 5.56 Å². The van der Waals surface area contributed by atoms with Crippen LogP contribution in [0.3, 0.4) is 0 Å². The van der Waals surface area contributed by atoms with Crippen LogP contribution in [0.5, 0.6) is 0 Å². The molecule has 1 aliphatic heterocycles. The number of hydrogen-bond acceptors (Lipinski definition) is 4. The van der Waals surface area contributed by atoms with Crippen LogP contribution in [-0.4, -0.2) is 29.8 Å². The molecule has 0 aliphatic carbocycles. The van der Waals surface area contributed by atoms with Crippen LogP contribution in [0, 0.1) is 5.92 Å². The Labute approximate surface area is 145 Å². The predicted molar refractivity (Wildman–Crippen MR) is 95.5 cm³/mol. The summed E-state index contributed by atoms with van der Waals surface area (Å²) in [5.74, 6) is -0.553. The van der Waals surface area contributed by atoms with Crippen molar-refractivity contribution in [2.24, 2.45) is 17.4 Å². The smallest absolute Gasteiger partial charge is 0.250 e. The molecule has 2 amide bonds. The van der Waals surface area contributed by atoms with E-state index in [9.17, 15) is 9.59 Å². The highest BCUT2D eigenvalue weighted by molar-refractivity contribution is 7.14. The fourth-order valence-electron chi connectivity index (χ4n) is 3.12. The highest BCUT2D eigenvalue weighted by Gasteiger charge is 2.23. The summed E-state index contributed by atoms with van der Waals surface area (Å²) in [5, 5.41) is 1.88. The highest BCUT2D eigenvalue weighted by atomic mass is 32.1. The Kier molecular flexibility index (Phi) is 4.97. The summed E-state index contributed by atoms with van der Waals surface area (Å²) >= 11 is 1.52. The normalized spacial score (nSPS) is 16.2. The fraction of sp³-hybridized carbons (Fsp3) is 0.333. The molecular weight excluding hydrogens is 322 g/mol. The Hall–Kier alpha value is -2.18. The van der Waals surface area contributed by atoms with Gasteiger partial charge in [-0.25, -0.2) is 0 Å². The molecule has 1 aromatic heterocycles. The summed E-state index contributed by atoms with van der Waals surface area (Å²) in [6.45, 7) is 2.65. The van der Waals surface area contributed by atoms with Gasteiger partial charge in [0.1, 0.15) is 0 Å². The van der Waals surface area contributed by atoms with Gasteiger partial charge in [-0.3, -0.25) is 14.5 Å². The summed E-state index contributed by atoms with van der Waals surface area (Å²) in [6, 6.07) is 9.99. The molecule has 126 valence electrons. The van der Waals surface area contributed by atoms with Crippen LogP contribution in [0.4, 0.5) is 0 Å². The van der Waals surface area contributed by atoms with Crippen LogP contribution in [0.2, 0.25) is 0 Å². The third kappa shape index (κ3) is 3.66. The van der Waals surface area contributed by atoms with Crippen molar-refractivity contribution in [1.82, 2.24) is 4.90 Å². The van der Waals surface area contributed by atoms with Crippen molar-refractivity contribution in [2.45, 2.75) is 19.4 Å². The standard InChI is InChI=1S/C18H21N3O2S/c19-17(22)14-5-8-21(9-6-14)11-12-1-3-13(4-2-12)16-15(18(20)23)7-10-24-16/h1-4,7,10,14H,5-6,8-9,11H2,(H2,19,22)(H2,20,23). The molecule has 0 spiro atoms. The molecule has 1 fully saturated rings. The molecule has 5 nitrogen and oxygen atoms in total. The minimum Gasteiger partial charge on any atom is -0.369 e. The van der Waals surface area contributed by atoms with Crippen molar-refractivity contribution < 1.29 is 9.59 Å². The fourth-order valence-corrected chi connectivity index (χ4v) is 4.03. The van der Waals surface area contributed by atoms with Gasteiger partial charge in [-0.1, -0.05) is 24.3 Å². The van der Waals surface area contributed by atoms with Gasteiger partial charge in [-0.15, -0.1) is 11.3 Å². The number of rotatable bonds is 5. The van der Waals surface area contributed by atoms with Gasteiger partial charge in [0.25, 0.3) is 0 Å². The minimum absolute atomic E-state index is 0.0228. The van der Waals surface area contributed by atoms with Crippen molar-refractivity contribution in [3.05, 3.63) is 46.8 Å². The molecular formula is C18H21N3O2S. The Morgan fingerprint density at radius 3 is 2.33 bits per heavy atom. The first kappa shape index (κ1) is 16.7. The molecule has 0 unspecified atom stereocenters. The maximum absolute atomic E-state index is 11.4. The number of hydrogen-bond donors (Lipinski definition) is 2. The van der Waals surface area contributed by atoms with Gasteiger partial charge in [-0.2, -0.15) is 0 Å². The van der Waals surface area contributed by atoms with Gasteiger partial charge in [0.15, 0.2) is 0 Å². The quantitative estimate of drug-likeness (QED) is 0.872. The van der Waals surface area contributed by atoms with E-state index in [0.29, 0.717) is 5.56 Å². The lowest BCUT2D eigenvalue weighted by atomic mass is 9.96. The number of amides is 2. The van der Waals surface area contributed by atoms with Gasteiger partial charge in [0, 0.05) is 17.3 Å². The molecule has 4 N–H and O–H groups in total. The number of nitrogens with zero attached hydrogens (tertiary/aromatic N) is 1. The molecule has 6 heteroatoms. The first-order valence-corrected chi connectivity index (χ1v) is 8.91. The van der Waals surface area contributed by atoms with Crippen LogP contribution in [-0.2, 0) is 11.3 Å². The highest BCUT2D eigenvalue weighted by Crippen LogP contribution is 2.30. The monoisotopic (exact) mass is 343 g/mol. The van der Waals surface area contributed by atoms with Crippen molar-refractivity contribution >= 4 is 23.2 Å². The molecule has 3 rings (SSSR count). The molecule has 1 aromatic carbocycles. The van der Waals surface area contributed by atoms with Crippen LogP contribution >= 0.6 is 11.3 Å². The third-order valence-electron chi connectivity index (χ3n) is 4.54. The number of carbonyl (C=O) groups excluding carboxylic acids is 2. The maximum Gasteiger partial charge on any atom is 0.250 e. The Bertz CT molecular complexity index is 731. The number of primary amides is 2. The molecule has 2 heterocycles. The number of piperidine rings is 1. The summed E-state index contributed by atoms with van der Waals surface area (Å²) in [4.78, 5) is 25.9. The summed E-state index contributed by atoms with van der Waals surface area (Å²) < 4.78 is 0. The number of nitrogens with two attached hydrogens (primary N) is 2. The number of benzene rings is 1. The van der Waals surface area contributed by atoms with E-state index in [-0.39, 0.29) is 11.8 Å². The molecule has 24 heavy (non-hydrogen) atoms. The number of carbonyl (C=O) groups is 2. The van der Waals surface area contributed by atoms with Crippen molar-refractivity contribution in [1.29, 1.82) is 0 Å². The van der Waals surface area contributed by atoms with Gasteiger partial charge >= 0.3 is 0 Å². The van der Waals surface area contributed by atoms with Gasteiger partial charge in [0.2, 0.25) is 11.8 Å². The van der Waals surface area contributed by atoms with Crippen LogP contribution < -0.4 is 11.5 Å². The molecule has 0 saturated carbocycles. The van der Waals surface area contributed by atoms with Crippen molar-refractivity contribution in [3.63, 3.8) is 0 Å². The zero-order valence-electron chi connectivity index (χ0n) is 13.4. The number of thiophene rings is 1. The Balaban J connectivity index is 1.64. The second kappa shape index (κ2) is 7.15. The lowest BCUT2D eigenvalue weighted by Crippen LogP contribution is -2.38. The average Bonchev–Trinajstić information content (AvgIpc) is 3.06. The topological polar surface area (TPSA) is 89.4 Å². The summed E-state index contributed by atoms with van der Waals surface area (Å²) in [5.41, 5.74) is 13.6. The summed E-state index contributed by atoms with van der Waals surface area (Å²) in [6.07, 6.45) is 1.68. The van der Waals surface area contributed by atoms with E-state index < -0.39 is 5.91 Å². The van der Waals surface area contributed by atoms with E-state index in [1.807, 2.05) is 17.5 Å². The predicted octanol–water partition coefficient (Wildman–Crippen LogP) is 2.21. The number of likely N-dealkylation sites (tertiary alicyclic amines) is 1. The van der Waals surface area contributed by atoms with Gasteiger partial charge in [-0.05, 0) is 48.5 Å². The van der Waals surface area contributed by atoms with E-state index in [1.165, 1.54) is 16.9 Å². The molecule has 0 radical (unpaired) electrons. The molecule has 0 atom stereocenters.